The normalized spacial score (nSPS) is 10.9. The number of nitrogens with one attached hydrogen (secondary N) is 1. The van der Waals surface area contributed by atoms with Crippen LogP contribution in [0.25, 0.3) is 17.0 Å². The molecule has 0 atom stereocenters. The van der Waals surface area contributed by atoms with Gasteiger partial charge in [-0.25, -0.2) is 4.79 Å². The number of hydrogen-bond acceptors (Lipinski definition) is 3. The predicted octanol–water partition coefficient (Wildman–Crippen LogP) is 1.63. The number of aromatic amines is 1. The highest BCUT2D eigenvalue weighted by Crippen LogP contribution is 2.18. The molecule has 2 aromatic rings. The fourth-order valence-corrected chi connectivity index (χ4v) is 1.61. The summed E-state index contributed by atoms with van der Waals surface area (Å²) in [7, 11) is 1.54. The highest BCUT2D eigenvalue weighted by Gasteiger charge is 2.02. The molecule has 0 unspecified atom stereocenters. The van der Waals surface area contributed by atoms with E-state index in [-0.39, 0.29) is 5.56 Å². The Kier molecular flexibility index (Phi) is 3.14. The zero-order chi connectivity index (χ0) is 13.1. The molecule has 0 spiro atoms. The van der Waals surface area contributed by atoms with Crippen molar-refractivity contribution in [2.24, 2.45) is 0 Å². The summed E-state index contributed by atoms with van der Waals surface area (Å²) < 4.78 is 5.06. The predicted molar refractivity (Wildman–Crippen MR) is 67.8 cm³/mol. The number of pyridine rings is 1. The van der Waals surface area contributed by atoms with Crippen molar-refractivity contribution >= 4 is 22.9 Å². The van der Waals surface area contributed by atoms with Gasteiger partial charge in [-0.15, -0.1) is 0 Å². The highest BCUT2D eigenvalue weighted by molar-refractivity contribution is 5.87. The molecule has 0 saturated carbocycles. The van der Waals surface area contributed by atoms with Crippen LogP contribution in [-0.4, -0.2) is 23.2 Å². The minimum Gasteiger partial charge on any atom is -0.497 e. The lowest BCUT2D eigenvalue weighted by Crippen LogP contribution is -2.09. The molecular weight excluding hydrogens is 234 g/mol. The minimum atomic E-state index is -1.09. The Morgan fingerprint density at radius 2 is 2.17 bits per heavy atom. The summed E-state index contributed by atoms with van der Waals surface area (Å²) in [6.07, 6.45) is 2.20. The van der Waals surface area contributed by atoms with Gasteiger partial charge in [0.05, 0.1) is 12.6 Å². The van der Waals surface area contributed by atoms with Crippen LogP contribution in [0, 0.1) is 0 Å². The molecule has 0 radical (unpaired) electrons. The lowest BCUT2D eigenvalue weighted by Gasteiger charge is -2.03. The van der Waals surface area contributed by atoms with E-state index in [1.54, 1.807) is 31.4 Å². The van der Waals surface area contributed by atoms with Crippen LogP contribution in [0.1, 0.15) is 5.56 Å². The van der Waals surface area contributed by atoms with Crippen molar-refractivity contribution in [2.45, 2.75) is 0 Å². The zero-order valence-corrected chi connectivity index (χ0v) is 9.64. The van der Waals surface area contributed by atoms with E-state index >= 15 is 0 Å². The topological polar surface area (TPSA) is 79.4 Å². The Hall–Kier alpha value is -2.56. The second-order valence-corrected chi connectivity index (χ2v) is 3.68. The van der Waals surface area contributed by atoms with E-state index in [4.69, 9.17) is 9.84 Å². The summed E-state index contributed by atoms with van der Waals surface area (Å²) in [6.45, 7) is 0. The molecule has 5 heteroatoms. The smallest absolute Gasteiger partial charge is 0.328 e. The van der Waals surface area contributed by atoms with Crippen molar-refractivity contribution in [3.8, 4) is 5.75 Å². The number of aliphatic carboxylic acids is 1. The van der Waals surface area contributed by atoms with E-state index < -0.39 is 5.97 Å². The number of ether oxygens (including phenoxy) is 1. The number of methoxy groups -OCH3 is 1. The number of H-pyrrole nitrogens is 1. The maximum Gasteiger partial charge on any atom is 0.328 e. The van der Waals surface area contributed by atoms with Gasteiger partial charge in [-0.1, -0.05) is 0 Å². The first-order valence-corrected chi connectivity index (χ1v) is 5.22. The number of carbonyl (C=O) groups is 1. The van der Waals surface area contributed by atoms with E-state index in [0.29, 0.717) is 16.8 Å². The van der Waals surface area contributed by atoms with Crippen LogP contribution in [-0.2, 0) is 4.79 Å². The van der Waals surface area contributed by atoms with Crippen molar-refractivity contribution in [3.05, 3.63) is 46.3 Å². The molecule has 0 saturated heterocycles. The molecule has 1 heterocycles. The molecule has 2 rings (SSSR count). The average molecular weight is 245 g/mol. The fourth-order valence-electron chi connectivity index (χ4n) is 1.61. The summed E-state index contributed by atoms with van der Waals surface area (Å²) >= 11 is 0. The van der Waals surface area contributed by atoms with Gasteiger partial charge in [-0.3, -0.25) is 4.79 Å². The molecule has 0 fully saturated rings. The van der Waals surface area contributed by atoms with Gasteiger partial charge >= 0.3 is 5.97 Å². The third-order valence-electron chi connectivity index (χ3n) is 2.49. The first kappa shape index (κ1) is 11.9. The maximum atomic E-state index is 11.7. The van der Waals surface area contributed by atoms with Gasteiger partial charge in [0.15, 0.2) is 0 Å². The Labute approximate surface area is 102 Å². The van der Waals surface area contributed by atoms with E-state index in [2.05, 4.69) is 4.98 Å². The number of rotatable bonds is 3. The van der Waals surface area contributed by atoms with E-state index in [9.17, 15) is 9.59 Å². The Balaban J connectivity index is 2.56. The number of aromatic nitrogens is 1. The van der Waals surface area contributed by atoms with Crippen LogP contribution >= 0.6 is 0 Å². The van der Waals surface area contributed by atoms with Gasteiger partial charge in [0.25, 0.3) is 5.56 Å². The van der Waals surface area contributed by atoms with Crippen LogP contribution in [0.4, 0.5) is 0 Å². The Morgan fingerprint density at radius 1 is 1.39 bits per heavy atom. The molecule has 92 valence electrons. The van der Waals surface area contributed by atoms with E-state index in [1.165, 1.54) is 6.08 Å². The summed E-state index contributed by atoms with van der Waals surface area (Å²) in [5.41, 5.74) is 0.607. The van der Waals surface area contributed by atoms with Crippen LogP contribution in [0.5, 0.6) is 5.75 Å². The van der Waals surface area contributed by atoms with E-state index in [0.717, 1.165) is 11.5 Å². The van der Waals surface area contributed by atoms with Crippen molar-refractivity contribution < 1.29 is 14.6 Å². The molecule has 2 N–H and O–H groups in total. The first-order chi connectivity index (χ1) is 8.60. The largest absolute Gasteiger partial charge is 0.497 e. The number of carboxylic acid groups (broad SMARTS) is 1. The minimum absolute atomic E-state index is 0.301. The van der Waals surface area contributed by atoms with Crippen LogP contribution in [0.3, 0.4) is 0 Å². The molecule has 0 aliphatic rings. The van der Waals surface area contributed by atoms with Crippen molar-refractivity contribution in [1.82, 2.24) is 4.98 Å². The number of benzene rings is 1. The molecule has 5 nitrogen and oxygen atoms in total. The number of carboxylic acids is 1. The fraction of sp³-hybridized carbons (Fsp3) is 0.0769. The third-order valence-corrected chi connectivity index (χ3v) is 2.49. The van der Waals surface area contributed by atoms with Gasteiger partial charge in [-0.2, -0.15) is 0 Å². The lowest BCUT2D eigenvalue weighted by molar-refractivity contribution is -0.131. The van der Waals surface area contributed by atoms with Crippen molar-refractivity contribution in [1.29, 1.82) is 0 Å². The molecule has 0 amide bonds. The monoisotopic (exact) mass is 245 g/mol. The summed E-state index contributed by atoms with van der Waals surface area (Å²) in [5, 5.41) is 9.34. The van der Waals surface area contributed by atoms with Crippen LogP contribution in [0.15, 0.2) is 35.1 Å². The van der Waals surface area contributed by atoms with Crippen molar-refractivity contribution in [3.63, 3.8) is 0 Å². The zero-order valence-electron chi connectivity index (χ0n) is 9.64. The molecular formula is C13H11NO4. The molecule has 0 aliphatic carbocycles. The Bertz CT molecular complexity index is 685. The van der Waals surface area contributed by atoms with Gasteiger partial charge in [0, 0.05) is 17.7 Å². The summed E-state index contributed by atoms with van der Waals surface area (Å²) in [6, 6.07) is 6.90. The quantitative estimate of drug-likeness (QED) is 0.805. The third kappa shape index (κ3) is 2.40. The maximum absolute atomic E-state index is 11.7. The second-order valence-electron chi connectivity index (χ2n) is 3.68. The number of hydrogen-bond donors (Lipinski definition) is 2. The lowest BCUT2D eigenvalue weighted by atomic mass is 10.1. The SMILES string of the molecule is COc1ccc2cc(C=CC(=O)O)c(=O)[nH]c2c1. The van der Waals surface area contributed by atoms with E-state index in [1.807, 2.05) is 0 Å². The average Bonchev–Trinajstić information content (AvgIpc) is 2.35. The summed E-state index contributed by atoms with van der Waals surface area (Å²) in [4.78, 5) is 24.8. The van der Waals surface area contributed by atoms with Gasteiger partial charge in [0.2, 0.25) is 0 Å². The highest BCUT2D eigenvalue weighted by atomic mass is 16.5. The number of fused-ring (bicyclic) bond motifs is 1. The second kappa shape index (κ2) is 4.75. The standard InChI is InChI=1S/C13H11NO4/c1-18-10-4-2-8-6-9(3-5-12(15)16)13(17)14-11(8)7-10/h2-7H,1H3,(H,14,17)(H,15,16). The van der Waals surface area contributed by atoms with Crippen LogP contribution < -0.4 is 10.3 Å². The van der Waals surface area contributed by atoms with Gasteiger partial charge < -0.3 is 14.8 Å². The first-order valence-electron chi connectivity index (χ1n) is 5.22. The molecule has 18 heavy (non-hydrogen) atoms. The van der Waals surface area contributed by atoms with Crippen molar-refractivity contribution in [2.75, 3.05) is 7.11 Å². The van der Waals surface area contributed by atoms with Gasteiger partial charge in [0.1, 0.15) is 5.75 Å². The van der Waals surface area contributed by atoms with Gasteiger partial charge in [-0.05, 0) is 29.7 Å². The molecule has 1 aromatic heterocycles. The molecule has 0 aliphatic heterocycles. The molecule has 0 bridgehead atoms. The van der Waals surface area contributed by atoms with Crippen LogP contribution in [0.2, 0.25) is 0 Å². The Morgan fingerprint density at radius 3 is 2.83 bits per heavy atom. The molecule has 1 aromatic carbocycles. The summed E-state index contributed by atoms with van der Waals surface area (Å²) in [5.74, 6) is -0.448.